The van der Waals surface area contributed by atoms with Gasteiger partial charge in [0.15, 0.2) is 0 Å². The van der Waals surface area contributed by atoms with Gasteiger partial charge >= 0.3 is 5.97 Å². The summed E-state index contributed by atoms with van der Waals surface area (Å²) in [4.78, 5) is 11.6. The Morgan fingerprint density at radius 3 is 2.20 bits per heavy atom. The van der Waals surface area contributed by atoms with Crippen molar-refractivity contribution in [3.05, 3.63) is 35.4 Å². The lowest BCUT2D eigenvalue weighted by Crippen LogP contribution is -2.23. The second-order valence-electron chi connectivity index (χ2n) is 4.22. The Morgan fingerprint density at radius 1 is 1.27 bits per heavy atom. The van der Waals surface area contributed by atoms with Crippen LogP contribution in [-0.4, -0.2) is 11.6 Å². The van der Waals surface area contributed by atoms with Gasteiger partial charge in [0, 0.05) is 5.56 Å². The molecule has 0 aliphatic rings. The predicted octanol–water partition coefficient (Wildman–Crippen LogP) is 2.62. The van der Waals surface area contributed by atoms with Crippen LogP contribution in [0.3, 0.4) is 0 Å². The molecule has 0 atom stereocenters. The molecule has 1 aromatic rings. The van der Waals surface area contributed by atoms with E-state index in [2.05, 4.69) is 5.92 Å². The van der Waals surface area contributed by atoms with Gasteiger partial charge in [0.1, 0.15) is 5.60 Å². The van der Waals surface area contributed by atoms with Crippen molar-refractivity contribution >= 4 is 5.97 Å². The summed E-state index contributed by atoms with van der Waals surface area (Å²) in [5.74, 6) is 2.16. The van der Waals surface area contributed by atoms with Crippen LogP contribution >= 0.6 is 0 Å². The zero-order valence-corrected chi connectivity index (χ0v) is 9.20. The number of esters is 1. The summed E-state index contributed by atoms with van der Waals surface area (Å²) in [5.41, 5.74) is 0.799. The summed E-state index contributed by atoms with van der Waals surface area (Å²) in [5, 5.41) is 0. The molecule has 1 aromatic carbocycles. The van der Waals surface area contributed by atoms with Gasteiger partial charge in [-0.3, -0.25) is 0 Å². The molecule has 0 aliphatic carbocycles. The van der Waals surface area contributed by atoms with Crippen molar-refractivity contribution < 1.29 is 9.53 Å². The molecule has 0 aliphatic heterocycles. The van der Waals surface area contributed by atoms with Crippen LogP contribution in [0.2, 0.25) is 0 Å². The average molecular weight is 202 g/mol. The molecule has 0 heterocycles. The van der Waals surface area contributed by atoms with Crippen LogP contribution in [0.25, 0.3) is 0 Å². The van der Waals surface area contributed by atoms with Gasteiger partial charge < -0.3 is 4.74 Å². The highest BCUT2D eigenvalue weighted by molar-refractivity contribution is 5.89. The van der Waals surface area contributed by atoms with Crippen molar-refractivity contribution in [3.8, 4) is 12.3 Å². The number of carbonyl (C=O) groups excluding carboxylic acids is 1. The Morgan fingerprint density at radius 2 is 1.80 bits per heavy atom. The molecule has 2 nitrogen and oxygen atoms in total. The number of ether oxygens (including phenoxy) is 1. The quantitative estimate of drug-likeness (QED) is 0.517. The highest BCUT2D eigenvalue weighted by atomic mass is 16.6. The van der Waals surface area contributed by atoms with E-state index in [0.717, 1.165) is 5.56 Å². The summed E-state index contributed by atoms with van der Waals surface area (Å²) in [7, 11) is 0. The van der Waals surface area contributed by atoms with Crippen LogP contribution in [0.4, 0.5) is 0 Å². The second kappa shape index (κ2) is 4.18. The number of terminal acetylenes is 1. The van der Waals surface area contributed by atoms with Crippen molar-refractivity contribution in [1.29, 1.82) is 0 Å². The van der Waals surface area contributed by atoms with Crippen molar-refractivity contribution in [3.63, 3.8) is 0 Å². The highest BCUT2D eigenvalue weighted by Gasteiger charge is 2.17. The lowest BCUT2D eigenvalue weighted by Gasteiger charge is -2.19. The average Bonchev–Trinajstić information content (AvgIpc) is 2.15. The summed E-state index contributed by atoms with van der Waals surface area (Å²) in [6.45, 7) is 5.50. The summed E-state index contributed by atoms with van der Waals surface area (Å²) in [6, 6.07) is 6.78. The van der Waals surface area contributed by atoms with Crippen molar-refractivity contribution in [1.82, 2.24) is 0 Å². The van der Waals surface area contributed by atoms with E-state index in [1.165, 1.54) is 0 Å². The molecule has 0 unspecified atom stereocenters. The van der Waals surface area contributed by atoms with Crippen LogP contribution in [0.15, 0.2) is 24.3 Å². The number of carbonyl (C=O) groups is 1. The molecule has 0 radical (unpaired) electrons. The lowest BCUT2D eigenvalue weighted by atomic mass is 10.1. The molecule has 0 aromatic heterocycles. The minimum absolute atomic E-state index is 0.328. The first kappa shape index (κ1) is 11.3. The van der Waals surface area contributed by atoms with E-state index in [4.69, 9.17) is 11.2 Å². The minimum Gasteiger partial charge on any atom is -0.456 e. The van der Waals surface area contributed by atoms with E-state index in [1.54, 1.807) is 24.3 Å². The minimum atomic E-state index is -0.470. The standard InChI is InChI=1S/C13H14O2/c1-5-10-6-8-11(9-7-10)12(14)15-13(2,3)4/h1,6-9H,2-4H3. The van der Waals surface area contributed by atoms with E-state index >= 15 is 0 Å². The van der Waals surface area contributed by atoms with Crippen molar-refractivity contribution in [2.45, 2.75) is 26.4 Å². The third-order valence-corrected chi connectivity index (χ3v) is 1.69. The van der Waals surface area contributed by atoms with Gasteiger partial charge in [0.2, 0.25) is 0 Å². The van der Waals surface area contributed by atoms with E-state index in [-0.39, 0.29) is 5.97 Å². The zero-order valence-electron chi connectivity index (χ0n) is 9.20. The molecular formula is C13H14O2. The molecule has 0 saturated carbocycles. The fourth-order valence-electron chi connectivity index (χ4n) is 1.04. The highest BCUT2D eigenvalue weighted by Crippen LogP contribution is 2.12. The van der Waals surface area contributed by atoms with Crippen LogP contribution in [0, 0.1) is 12.3 Å². The summed E-state index contributed by atoms with van der Waals surface area (Å²) in [6.07, 6.45) is 5.21. The fraction of sp³-hybridized carbons (Fsp3) is 0.308. The van der Waals surface area contributed by atoms with Crippen LogP contribution in [0.5, 0.6) is 0 Å². The van der Waals surface area contributed by atoms with Gasteiger partial charge in [-0.25, -0.2) is 4.79 Å². The lowest BCUT2D eigenvalue weighted by molar-refractivity contribution is 0.00696. The predicted molar refractivity (Wildman–Crippen MR) is 59.5 cm³/mol. The normalized spacial score (nSPS) is 10.5. The van der Waals surface area contributed by atoms with Gasteiger partial charge in [-0.1, -0.05) is 5.92 Å². The van der Waals surface area contributed by atoms with Gasteiger partial charge in [0.25, 0.3) is 0 Å². The third-order valence-electron chi connectivity index (χ3n) is 1.69. The first-order valence-electron chi connectivity index (χ1n) is 4.72. The molecule has 0 fully saturated rings. The summed E-state index contributed by atoms with van der Waals surface area (Å²) >= 11 is 0. The molecular weight excluding hydrogens is 188 g/mol. The van der Waals surface area contributed by atoms with Gasteiger partial charge in [-0.05, 0) is 45.0 Å². The molecule has 1 rings (SSSR count). The Labute approximate surface area is 90.3 Å². The molecule has 0 amide bonds. The third kappa shape index (κ3) is 3.47. The maximum atomic E-state index is 11.6. The molecule has 78 valence electrons. The number of hydrogen-bond acceptors (Lipinski definition) is 2. The number of benzene rings is 1. The van der Waals surface area contributed by atoms with Crippen LogP contribution in [-0.2, 0) is 4.74 Å². The summed E-state index contributed by atoms with van der Waals surface area (Å²) < 4.78 is 5.21. The van der Waals surface area contributed by atoms with E-state index in [1.807, 2.05) is 20.8 Å². The Balaban J connectivity index is 2.80. The number of hydrogen-bond donors (Lipinski definition) is 0. The molecule has 0 bridgehead atoms. The Hall–Kier alpha value is -1.75. The van der Waals surface area contributed by atoms with Crippen LogP contribution < -0.4 is 0 Å². The zero-order chi connectivity index (χ0) is 11.5. The second-order valence-corrected chi connectivity index (χ2v) is 4.22. The smallest absolute Gasteiger partial charge is 0.338 e. The molecule has 0 spiro atoms. The fourth-order valence-corrected chi connectivity index (χ4v) is 1.04. The first-order valence-corrected chi connectivity index (χ1v) is 4.72. The Bertz CT molecular complexity index is 388. The maximum absolute atomic E-state index is 11.6. The molecule has 0 N–H and O–H groups in total. The number of rotatable bonds is 1. The SMILES string of the molecule is C#Cc1ccc(C(=O)OC(C)(C)C)cc1. The first-order chi connectivity index (χ1) is 6.92. The van der Waals surface area contributed by atoms with Crippen molar-refractivity contribution in [2.75, 3.05) is 0 Å². The topological polar surface area (TPSA) is 26.3 Å². The Kier molecular flexibility index (Phi) is 3.16. The molecule has 0 saturated heterocycles. The van der Waals surface area contributed by atoms with E-state index in [0.29, 0.717) is 5.56 Å². The van der Waals surface area contributed by atoms with Gasteiger partial charge in [-0.15, -0.1) is 6.42 Å². The van der Waals surface area contributed by atoms with Crippen molar-refractivity contribution in [2.24, 2.45) is 0 Å². The largest absolute Gasteiger partial charge is 0.456 e. The molecule has 2 heteroatoms. The van der Waals surface area contributed by atoms with Gasteiger partial charge in [-0.2, -0.15) is 0 Å². The monoisotopic (exact) mass is 202 g/mol. The van der Waals surface area contributed by atoms with Crippen LogP contribution in [0.1, 0.15) is 36.7 Å². The van der Waals surface area contributed by atoms with E-state index < -0.39 is 5.60 Å². The van der Waals surface area contributed by atoms with E-state index in [9.17, 15) is 4.79 Å². The van der Waals surface area contributed by atoms with Gasteiger partial charge in [0.05, 0.1) is 5.56 Å². The molecule has 15 heavy (non-hydrogen) atoms. The maximum Gasteiger partial charge on any atom is 0.338 e.